The summed E-state index contributed by atoms with van der Waals surface area (Å²) in [4.78, 5) is 1.27. The number of nitrogens with two attached hydrogens (primary N) is 1. The predicted molar refractivity (Wildman–Crippen MR) is 91.0 cm³/mol. The molecule has 2 aromatic rings. The van der Waals surface area contributed by atoms with Crippen molar-refractivity contribution in [2.24, 2.45) is 5.73 Å². The average molecular weight is 301 g/mol. The highest BCUT2D eigenvalue weighted by molar-refractivity contribution is 7.99. The number of rotatable bonds is 6. The third-order valence-corrected chi connectivity index (χ3v) is 4.21. The van der Waals surface area contributed by atoms with E-state index in [1.807, 2.05) is 26.0 Å². The average Bonchev–Trinajstić information content (AvgIpc) is 2.45. The maximum atomic E-state index is 6.27. The lowest BCUT2D eigenvalue weighted by molar-refractivity contribution is 0.242. The lowest BCUT2D eigenvalue weighted by atomic mass is 10.1. The van der Waals surface area contributed by atoms with Crippen molar-refractivity contribution in [3.8, 4) is 5.75 Å². The monoisotopic (exact) mass is 301 g/mol. The van der Waals surface area contributed by atoms with E-state index in [2.05, 4.69) is 43.3 Å². The van der Waals surface area contributed by atoms with E-state index in [4.69, 9.17) is 10.5 Å². The van der Waals surface area contributed by atoms with Gasteiger partial charge in [-0.2, -0.15) is 0 Å². The van der Waals surface area contributed by atoms with Gasteiger partial charge < -0.3 is 10.5 Å². The molecule has 0 saturated carbocycles. The molecule has 0 fully saturated rings. The van der Waals surface area contributed by atoms with Crippen LogP contribution < -0.4 is 10.5 Å². The molecule has 0 radical (unpaired) electrons. The van der Waals surface area contributed by atoms with E-state index in [0.717, 1.165) is 17.1 Å². The summed E-state index contributed by atoms with van der Waals surface area (Å²) in [6.07, 6.45) is 0.196. The topological polar surface area (TPSA) is 35.2 Å². The van der Waals surface area contributed by atoms with Crippen LogP contribution in [0.3, 0.4) is 0 Å². The summed E-state index contributed by atoms with van der Waals surface area (Å²) < 4.78 is 5.65. The minimum Gasteiger partial charge on any atom is -0.491 e. The molecule has 112 valence electrons. The van der Waals surface area contributed by atoms with E-state index in [0.29, 0.717) is 0 Å². The van der Waals surface area contributed by atoms with Crippen molar-refractivity contribution >= 4 is 11.8 Å². The van der Waals surface area contributed by atoms with Gasteiger partial charge in [-0.05, 0) is 50.6 Å². The Kier molecular flexibility index (Phi) is 5.71. The van der Waals surface area contributed by atoms with E-state index in [9.17, 15) is 0 Å². The van der Waals surface area contributed by atoms with Gasteiger partial charge in [0.1, 0.15) is 5.75 Å². The highest BCUT2D eigenvalue weighted by atomic mass is 32.2. The van der Waals surface area contributed by atoms with Crippen molar-refractivity contribution in [2.75, 3.05) is 5.75 Å². The number of hydrogen-bond donors (Lipinski definition) is 1. The van der Waals surface area contributed by atoms with Gasteiger partial charge in [0.25, 0.3) is 0 Å². The Hall–Kier alpha value is -1.45. The Bertz CT molecular complexity index is 566. The molecule has 2 rings (SSSR count). The zero-order chi connectivity index (χ0) is 15.2. The molecular formula is C18H23NOS. The molecule has 1 atom stereocenters. The number of benzene rings is 2. The van der Waals surface area contributed by atoms with Gasteiger partial charge >= 0.3 is 0 Å². The Balaban J connectivity index is 1.92. The zero-order valence-corrected chi connectivity index (χ0v) is 13.7. The molecule has 0 amide bonds. The Morgan fingerprint density at radius 1 is 1.10 bits per heavy atom. The molecule has 0 heterocycles. The van der Waals surface area contributed by atoms with E-state index < -0.39 is 0 Å². The first-order chi connectivity index (χ1) is 10.0. The van der Waals surface area contributed by atoms with Gasteiger partial charge in [-0.15, -0.1) is 11.8 Å². The fourth-order valence-corrected chi connectivity index (χ4v) is 3.06. The van der Waals surface area contributed by atoms with Crippen LogP contribution in [0.5, 0.6) is 5.75 Å². The van der Waals surface area contributed by atoms with E-state index in [-0.39, 0.29) is 12.1 Å². The third kappa shape index (κ3) is 5.10. The fraction of sp³-hybridized carbons (Fsp3) is 0.333. The molecule has 0 aliphatic heterocycles. The van der Waals surface area contributed by atoms with Crippen LogP contribution in [0.25, 0.3) is 0 Å². The van der Waals surface area contributed by atoms with E-state index in [1.54, 1.807) is 11.8 Å². The van der Waals surface area contributed by atoms with Crippen LogP contribution in [0.4, 0.5) is 0 Å². The normalized spacial score (nSPS) is 12.4. The van der Waals surface area contributed by atoms with Crippen LogP contribution in [0, 0.1) is 6.92 Å². The summed E-state index contributed by atoms with van der Waals surface area (Å²) in [6.45, 7) is 6.16. The second-order valence-corrected chi connectivity index (χ2v) is 6.56. The standard InChI is InChI=1S/C18H23NOS/c1-13(2)20-16-9-7-15(8-10-16)18(19)12-21-17-6-4-5-14(3)11-17/h4-11,13,18H,12,19H2,1-3H3. The van der Waals surface area contributed by atoms with Crippen molar-refractivity contribution in [2.45, 2.75) is 37.8 Å². The van der Waals surface area contributed by atoms with Gasteiger partial charge in [0.05, 0.1) is 6.10 Å². The lowest BCUT2D eigenvalue weighted by Crippen LogP contribution is -2.13. The first-order valence-electron chi connectivity index (χ1n) is 7.26. The number of thioether (sulfide) groups is 1. The minimum atomic E-state index is 0.0311. The summed E-state index contributed by atoms with van der Waals surface area (Å²) in [5.41, 5.74) is 8.70. The van der Waals surface area contributed by atoms with Crippen molar-refractivity contribution in [3.63, 3.8) is 0 Å². The first-order valence-corrected chi connectivity index (χ1v) is 8.25. The second-order valence-electron chi connectivity index (χ2n) is 5.47. The van der Waals surface area contributed by atoms with Crippen LogP contribution in [0.1, 0.15) is 31.0 Å². The van der Waals surface area contributed by atoms with Gasteiger partial charge in [0.2, 0.25) is 0 Å². The van der Waals surface area contributed by atoms with Crippen molar-refractivity contribution in [1.82, 2.24) is 0 Å². The Morgan fingerprint density at radius 2 is 1.81 bits per heavy atom. The number of ether oxygens (including phenoxy) is 1. The van der Waals surface area contributed by atoms with Crippen LogP contribution in [-0.2, 0) is 0 Å². The molecule has 21 heavy (non-hydrogen) atoms. The summed E-state index contributed by atoms with van der Waals surface area (Å²) in [6, 6.07) is 16.6. The highest BCUT2D eigenvalue weighted by Crippen LogP contribution is 2.25. The van der Waals surface area contributed by atoms with Crippen molar-refractivity contribution in [1.29, 1.82) is 0 Å². The van der Waals surface area contributed by atoms with E-state index >= 15 is 0 Å². The zero-order valence-electron chi connectivity index (χ0n) is 12.9. The largest absolute Gasteiger partial charge is 0.491 e. The molecule has 3 heteroatoms. The van der Waals surface area contributed by atoms with Crippen LogP contribution in [0.15, 0.2) is 53.4 Å². The molecule has 0 saturated heterocycles. The van der Waals surface area contributed by atoms with Crippen LogP contribution in [-0.4, -0.2) is 11.9 Å². The van der Waals surface area contributed by atoms with Gasteiger partial charge in [0.15, 0.2) is 0 Å². The number of aryl methyl sites for hydroxylation is 1. The first kappa shape index (κ1) is 15.9. The molecule has 2 N–H and O–H groups in total. The Morgan fingerprint density at radius 3 is 2.43 bits per heavy atom. The molecule has 0 bridgehead atoms. The van der Waals surface area contributed by atoms with Gasteiger partial charge in [-0.1, -0.05) is 29.8 Å². The minimum absolute atomic E-state index is 0.0311. The second kappa shape index (κ2) is 7.53. The summed E-state index contributed by atoms with van der Waals surface area (Å²) in [5, 5.41) is 0. The van der Waals surface area contributed by atoms with Crippen molar-refractivity contribution < 1.29 is 4.74 Å². The fourth-order valence-electron chi connectivity index (χ4n) is 2.05. The lowest BCUT2D eigenvalue weighted by Gasteiger charge is -2.14. The van der Waals surface area contributed by atoms with Crippen LogP contribution in [0.2, 0.25) is 0 Å². The predicted octanol–water partition coefficient (Wildman–Crippen LogP) is 4.57. The molecule has 0 aliphatic carbocycles. The maximum Gasteiger partial charge on any atom is 0.119 e. The molecule has 0 spiro atoms. The molecular weight excluding hydrogens is 278 g/mol. The SMILES string of the molecule is Cc1cccc(SCC(N)c2ccc(OC(C)C)cc2)c1. The summed E-state index contributed by atoms with van der Waals surface area (Å²) in [5.74, 6) is 1.76. The van der Waals surface area contributed by atoms with Crippen molar-refractivity contribution in [3.05, 3.63) is 59.7 Å². The molecule has 2 nitrogen and oxygen atoms in total. The summed E-state index contributed by atoms with van der Waals surface area (Å²) in [7, 11) is 0. The van der Waals surface area contributed by atoms with E-state index in [1.165, 1.54) is 10.5 Å². The quantitative estimate of drug-likeness (QED) is 0.794. The van der Waals surface area contributed by atoms with Gasteiger partial charge in [-0.25, -0.2) is 0 Å². The molecule has 2 aromatic carbocycles. The highest BCUT2D eigenvalue weighted by Gasteiger charge is 2.07. The third-order valence-electron chi connectivity index (χ3n) is 3.10. The van der Waals surface area contributed by atoms with Crippen LogP contribution >= 0.6 is 11.8 Å². The summed E-state index contributed by atoms with van der Waals surface area (Å²) >= 11 is 1.80. The maximum absolute atomic E-state index is 6.27. The Labute approximate surface area is 131 Å². The molecule has 1 unspecified atom stereocenters. The van der Waals surface area contributed by atoms with Gasteiger partial charge in [-0.3, -0.25) is 0 Å². The smallest absolute Gasteiger partial charge is 0.119 e. The number of hydrogen-bond acceptors (Lipinski definition) is 3. The van der Waals surface area contributed by atoms with Gasteiger partial charge in [0, 0.05) is 16.7 Å². The molecule has 0 aromatic heterocycles. The molecule has 0 aliphatic rings.